The molecule has 1 aromatic heterocycles. The number of hydrogen-bond acceptors (Lipinski definition) is 7. The van der Waals surface area contributed by atoms with Gasteiger partial charge in [0, 0.05) is 12.3 Å². The monoisotopic (exact) mass is 402 g/mol. The van der Waals surface area contributed by atoms with Gasteiger partial charge in [-0.3, -0.25) is 9.88 Å². The zero-order valence-electron chi connectivity index (χ0n) is 13.5. The average molecular weight is 402 g/mol. The Hall–Kier alpha value is 1.17. The van der Waals surface area contributed by atoms with Gasteiger partial charge in [-0.05, 0) is 33.0 Å². The third-order valence-electron chi connectivity index (χ3n) is 2.40. The summed E-state index contributed by atoms with van der Waals surface area (Å²) in [7, 11) is -10.5. The molecule has 1 unspecified atom stereocenters. The molecule has 1 atom stereocenters. The molecule has 0 saturated carbocycles. The molecule has 0 fully saturated rings. The molecule has 0 radical (unpaired) electrons. The van der Waals surface area contributed by atoms with Crippen molar-refractivity contribution >= 4 is 15.2 Å². The minimum Gasteiger partial charge on any atom is -0.809 e. The third-order valence-corrected chi connectivity index (χ3v) is 5.76. The van der Waals surface area contributed by atoms with Crippen molar-refractivity contribution in [3.05, 3.63) is 24.4 Å². The van der Waals surface area contributed by atoms with E-state index in [2.05, 4.69) is 10.3 Å². The summed E-state index contributed by atoms with van der Waals surface area (Å²) in [5, 5.41) is 2.08. The van der Waals surface area contributed by atoms with Crippen LogP contribution in [0.5, 0.6) is 5.88 Å². The van der Waals surface area contributed by atoms with Crippen molar-refractivity contribution in [2.45, 2.75) is 18.4 Å². The van der Waals surface area contributed by atoms with E-state index in [4.69, 9.17) is 14.5 Å². The molecule has 24 heavy (non-hydrogen) atoms. The van der Waals surface area contributed by atoms with Crippen LogP contribution in [0.25, 0.3) is 0 Å². The number of hydrogen-bond donors (Lipinski definition) is 3. The van der Waals surface area contributed by atoms with E-state index in [9.17, 15) is 18.9 Å². The van der Waals surface area contributed by atoms with Gasteiger partial charge in [0.05, 0.1) is 6.61 Å². The van der Waals surface area contributed by atoms with Gasteiger partial charge in [-0.15, -0.1) is 0 Å². The van der Waals surface area contributed by atoms with Gasteiger partial charge in [-0.2, -0.15) is 0 Å². The number of nitrogens with one attached hydrogen (secondary N) is 1. The van der Waals surface area contributed by atoms with Gasteiger partial charge >= 0.3 is 66.7 Å². The molecule has 0 aliphatic rings. The van der Waals surface area contributed by atoms with Gasteiger partial charge in [0.1, 0.15) is 5.52 Å². The van der Waals surface area contributed by atoms with Crippen LogP contribution in [0.3, 0.4) is 0 Å². The molecule has 0 saturated heterocycles. The summed E-state index contributed by atoms with van der Waals surface area (Å²) in [5.74, 6) is 0.446. The summed E-state index contributed by atoms with van der Waals surface area (Å²) < 4.78 is 27.0. The van der Waals surface area contributed by atoms with E-state index in [1.165, 1.54) is 0 Å². The van der Waals surface area contributed by atoms with E-state index in [1.54, 1.807) is 24.4 Å². The summed E-state index contributed by atoms with van der Waals surface area (Å²) in [6.45, 7) is 0.279. The standard InChI is InChI=1S/C10H18N2O7P2.2Na.H2O/c13-20(14,15)10(21(16,17)18)12-7-3-4-8-19-9-5-1-2-6-11-9;;;/h1-2,5-6,10,12H,3-4,7-8H2,(H2,13,14,15)(H2,16,17,18);;;1H2/q;2*+1;/p-2. The molecule has 10 nitrogen and oxygen atoms in total. The summed E-state index contributed by atoms with van der Waals surface area (Å²) >= 11 is 0. The van der Waals surface area contributed by atoms with Gasteiger partial charge in [-0.1, -0.05) is 6.07 Å². The molecule has 0 bridgehead atoms. The molecule has 128 valence electrons. The van der Waals surface area contributed by atoms with Crippen molar-refractivity contribution in [2.24, 2.45) is 0 Å². The Bertz CT molecular complexity index is 505. The van der Waals surface area contributed by atoms with Gasteiger partial charge in [0.15, 0.2) is 0 Å². The molecular weight excluding hydrogens is 384 g/mol. The maximum atomic E-state index is 10.9. The fraction of sp³-hybridized carbons (Fsp3) is 0.500. The topological polar surface area (TPSA) is 186 Å². The minimum absolute atomic E-state index is 0. The average Bonchev–Trinajstić information content (AvgIpc) is 2.35. The van der Waals surface area contributed by atoms with Gasteiger partial charge in [0.25, 0.3) is 0 Å². The molecule has 5 N–H and O–H groups in total. The number of aromatic nitrogens is 1. The Kier molecular flexibility index (Phi) is 17.8. The SMILES string of the molecule is O.O=P([O-])([O-])C(NCCCCOc1ccccn1)P(=O)(O)O.[Na+].[Na+]. The van der Waals surface area contributed by atoms with Crippen LogP contribution in [-0.2, 0) is 9.13 Å². The molecule has 1 aromatic rings. The first kappa shape index (κ1) is 29.9. The molecule has 14 heteroatoms. The minimum atomic E-state index is -5.42. The van der Waals surface area contributed by atoms with Crippen molar-refractivity contribution in [1.29, 1.82) is 0 Å². The van der Waals surface area contributed by atoms with Crippen LogP contribution in [0.4, 0.5) is 0 Å². The first-order chi connectivity index (χ1) is 9.71. The van der Waals surface area contributed by atoms with E-state index < -0.39 is 20.7 Å². The van der Waals surface area contributed by atoms with E-state index in [1.807, 2.05) is 0 Å². The second-order valence-electron chi connectivity index (χ2n) is 4.18. The summed E-state index contributed by atoms with van der Waals surface area (Å²) in [4.78, 5) is 43.1. The predicted molar refractivity (Wildman–Crippen MR) is 74.0 cm³/mol. The van der Waals surface area contributed by atoms with Crippen molar-refractivity contribution in [3.8, 4) is 5.88 Å². The Morgan fingerprint density at radius 1 is 1.21 bits per heavy atom. The van der Waals surface area contributed by atoms with Crippen LogP contribution in [0, 0.1) is 0 Å². The van der Waals surface area contributed by atoms with Crippen molar-refractivity contribution in [2.75, 3.05) is 13.2 Å². The Labute approximate surface area is 184 Å². The van der Waals surface area contributed by atoms with Crippen molar-refractivity contribution < 1.29 is 98.0 Å². The van der Waals surface area contributed by atoms with Gasteiger partial charge < -0.3 is 34.4 Å². The Morgan fingerprint density at radius 2 is 1.83 bits per heavy atom. The van der Waals surface area contributed by atoms with Crippen molar-refractivity contribution in [3.63, 3.8) is 0 Å². The maximum absolute atomic E-state index is 10.9. The van der Waals surface area contributed by atoms with Crippen LogP contribution in [-0.4, -0.2) is 38.9 Å². The van der Waals surface area contributed by atoms with Crippen LogP contribution in [0.2, 0.25) is 0 Å². The molecule has 0 amide bonds. The first-order valence-electron chi connectivity index (χ1n) is 6.05. The third kappa shape index (κ3) is 12.5. The van der Waals surface area contributed by atoms with E-state index >= 15 is 0 Å². The molecule has 0 aromatic carbocycles. The number of ether oxygens (including phenoxy) is 1. The second kappa shape index (κ2) is 14.3. The van der Waals surface area contributed by atoms with Crippen LogP contribution in [0.1, 0.15) is 12.8 Å². The normalized spacial score (nSPS) is 12.2. The maximum Gasteiger partial charge on any atom is 1.00 e. The molecule has 1 heterocycles. The van der Waals surface area contributed by atoms with Crippen LogP contribution < -0.4 is 79.0 Å². The molecule has 0 aliphatic carbocycles. The van der Waals surface area contributed by atoms with Crippen molar-refractivity contribution in [1.82, 2.24) is 10.3 Å². The second-order valence-corrected chi connectivity index (χ2v) is 7.88. The van der Waals surface area contributed by atoms with E-state index in [0.29, 0.717) is 25.3 Å². The Morgan fingerprint density at radius 3 is 2.29 bits per heavy atom. The van der Waals surface area contributed by atoms with Crippen LogP contribution >= 0.6 is 15.2 Å². The fourth-order valence-electron chi connectivity index (χ4n) is 1.48. The van der Waals surface area contributed by atoms with E-state index in [0.717, 1.165) is 0 Å². The molecule has 1 rings (SSSR count). The smallest absolute Gasteiger partial charge is 0.809 e. The largest absolute Gasteiger partial charge is 1.00 e. The van der Waals surface area contributed by atoms with Gasteiger partial charge in [0.2, 0.25) is 5.88 Å². The molecule has 0 aliphatic heterocycles. The Balaban J connectivity index is -0.00000147. The zero-order valence-corrected chi connectivity index (χ0v) is 19.3. The molecule has 0 spiro atoms. The summed E-state index contributed by atoms with van der Waals surface area (Å²) in [6.07, 6.45) is 2.45. The van der Waals surface area contributed by atoms with Gasteiger partial charge in [-0.25, -0.2) is 4.98 Å². The fourth-order valence-corrected chi connectivity index (χ4v) is 3.68. The predicted octanol–water partition coefficient (Wildman–Crippen LogP) is -7.61. The summed E-state index contributed by atoms with van der Waals surface area (Å²) in [5.41, 5.74) is -2.39. The number of rotatable bonds is 9. The number of unbranched alkanes of at least 4 members (excludes halogenated alkanes) is 1. The van der Waals surface area contributed by atoms with E-state index in [-0.39, 0.29) is 71.1 Å². The number of pyridine rings is 1. The molecular formula is C10H18N2Na2O8P2. The number of nitrogens with zero attached hydrogens (tertiary/aromatic N) is 1. The summed E-state index contributed by atoms with van der Waals surface area (Å²) in [6, 6.07) is 5.17. The van der Waals surface area contributed by atoms with Crippen LogP contribution in [0.15, 0.2) is 24.4 Å². The zero-order chi connectivity index (χ0) is 15.9. The quantitative estimate of drug-likeness (QED) is 0.205. The first-order valence-corrected chi connectivity index (χ1v) is 9.35.